The first-order valence-corrected chi connectivity index (χ1v) is 12.1. The summed E-state index contributed by atoms with van der Waals surface area (Å²) in [5, 5.41) is 0. The van der Waals surface area contributed by atoms with Crippen molar-refractivity contribution in [3.05, 3.63) is 50.9 Å². The van der Waals surface area contributed by atoms with Gasteiger partial charge in [-0.1, -0.05) is 0 Å². The summed E-state index contributed by atoms with van der Waals surface area (Å²) >= 11 is 0. The number of likely N-dealkylation sites (N-methyl/N-ethyl adjacent to an activating group) is 1. The molecule has 1 saturated heterocycles. The maximum absolute atomic E-state index is 12.6. The van der Waals surface area contributed by atoms with Crippen LogP contribution in [0.25, 0.3) is 0 Å². The molecule has 176 valence electrons. The number of hydrogen-bond donors (Lipinski definition) is 2. The van der Waals surface area contributed by atoms with Gasteiger partial charge in [0.1, 0.15) is 0 Å². The number of anilines is 2. The van der Waals surface area contributed by atoms with Crippen LogP contribution in [-0.2, 0) is 18.3 Å². The van der Waals surface area contributed by atoms with Gasteiger partial charge in [0.25, 0.3) is 5.56 Å². The molecule has 2 aliphatic heterocycles. The number of piperidine rings is 1. The average Bonchev–Trinajstić information content (AvgIpc) is 3.10. The van der Waals surface area contributed by atoms with E-state index in [1.165, 1.54) is 11.3 Å². The molecular weight excluding hydrogens is 416 g/mol. The zero-order valence-electron chi connectivity index (χ0n) is 19.7. The molecule has 0 bridgehead atoms. The number of primary amides is 1. The number of amides is 1. The molecule has 1 aromatic heterocycles. The van der Waals surface area contributed by atoms with E-state index in [1.54, 1.807) is 0 Å². The van der Waals surface area contributed by atoms with Crippen LogP contribution in [0.15, 0.2) is 23.0 Å². The lowest BCUT2D eigenvalue weighted by atomic mass is 9.74. The van der Waals surface area contributed by atoms with E-state index in [2.05, 4.69) is 39.8 Å². The number of fused-ring (bicyclic) bond motifs is 3. The Kier molecular flexibility index (Phi) is 5.64. The minimum absolute atomic E-state index is 0.0158. The predicted octanol–water partition coefficient (Wildman–Crippen LogP) is 1.67. The van der Waals surface area contributed by atoms with E-state index in [-0.39, 0.29) is 16.9 Å². The number of rotatable bonds is 5. The third-order valence-electron chi connectivity index (χ3n) is 7.70. The van der Waals surface area contributed by atoms with Crippen molar-refractivity contribution in [3.8, 4) is 0 Å². The van der Waals surface area contributed by atoms with Crippen molar-refractivity contribution in [2.75, 3.05) is 56.6 Å². The fourth-order valence-corrected chi connectivity index (χ4v) is 5.76. The number of aromatic amines is 1. The number of H-pyrrole nitrogens is 1. The van der Waals surface area contributed by atoms with E-state index in [1.807, 2.05) is 12.1 Å². The van der Waals surface area contributed by atoms with Crippen LogP contribution in [0.2, 0.25) is 0 Å². The molecule has 8 nitrogen and oxygen atoms in total. The summed E-state index contributed by atoms with van der Waals surface area (Å²) in [6, 6.07) is 5.93. The van der Waals surface area contributed by atoms with E-state index >= 15 is 0 Å². The maximum Gasteiger partial charge on any atom is 0.255 e. The van der Waals surface area contributed by atoms with E-state index in [0.29, 0.717) is 11.5 Å². The Balaban J connectivity index is 1.40. The van der Waals surface area contributed by atoms with Crippen molar-refractivity contribution in [2.45, 2.75) is 43.9 Å². The first-order chi connectivity index (χ1) is 15.9. The molecular formula is C25H34N6O2. The highest BCUT2D eigenvalue weighted by Gasteiger charge is 2.45. The first kappa shape index (κ1) is 21.9. The van der Waals surface area contributed by atoms with E-state index < -0.39 is 0 Å². The molecule has 1 aliphatic carbocycles. The van der Waals surface area contributed by atoms with E-state index in [0.717, 1.165) is 82.5 Å². The van der Waals surface area contributed by atoms with Gasteiger partial charge in [-0.2, -0.15) is 0 Å². The molecule has 3 N–H and O–H groups in total. The maximum atomic E-state index is 12.6. The van der Waals surface area contributed by atoms with Gasteiger partial charge in [-0.05, 0) is 76.4 Å². The van der Waals surface area contributed by atoms with Crippen molar-refractivity contribution in [1.29, 1.82) is 0 Å². The molecule has 0 unspecified atom stereocenters. The highest BCUT2D eigenvalue weighted by Crippen LogP contribution is 2.47. The predicted molar refractivity (Wildman–Crippen MR) is 130 cm³/mol. The van der Waals surface area contributed by atoms with Crippen molar-refractivity contribution in [1.82, 2.24) is 14.9 Å². The smallest absolute Gasteiger partial charge is 0.255 e. The molecule has 1 spiro atoms. The lowest BCUT2D eigenvalue weighted by Gasteiger charge is -2.40. The summed E-state index contributed by atoms with van der Waals surface area (Å²) in [6.45, 7) is 4.51. The average molecular weight is 451 g/mol. The molecule has 1 fully saturated rings. The van der Waals surface area contributed by atoms with Crippen LogP contribution < -0.4 is 21.1 Å². The number of hydrogen-bond acceptors (Lipinski definition) is 6. The minimum atomic E-state index is -0.382. The number of carbonyl (C=O) groups is 1. The van der Waals surface area contributed by atoms with Crippen LogP contribution in [-0.4, -0.2) is 67.6 Å². The van der Waals surface area contributed by atoms with Gasteiger partial charge in [-0.3, -0.25) is 14.6 Å². The zero-order valence-corrected chi connectivity index (χ0v) is 19.7. The molecule has 5 rings (SSSR count). The molecule has 2 aromatic rings. The summed E-state index contributed by atoms with van der Waals surface area (Å²) in [7, 11) is 4.18. The minimum Gasteiger partial charge on any atom is -0.369 e. The molecule has 0 radical (unpaired) electrons. The van der Waals surface area contributed by atoms with Crippen LogP contribution in [0, 0.1) is 0 Å². The number of benzene rings is 1. The Bertz CT molecular complexity index is 1120. The Labute approximate surface area is 194 Å². The molecule has 0 atom stereocenters. The number of nitrogens with one attached hydrogen (secondary N) is 1. The van der Waals surface area contributed by atoms with Crippen LogP contribution >= 0.6 is 0 Å². The summed E-state index contributed by atoms with van der Waals surface area (Å²) in [6.07, 6.45) is 5.80. The van der Waals surface area contributed by atoms with Gasteiger partial charge in [0.2, 0.25) is 11.9 Å². The number of carbonyl (C=O) groups excluding carboxylic acids is 1. The van der Waals surface area contributed by atoms with Crippen LogP contribution in [0.3, 0.4) is 0 Å². The molecule has 33 heavy (non-hydrogen) atoms. The second-order valence-corrected chi connectivity index (χ2v) is 10.1. The molecule has 0 saturated carbocycles. The van der Waals surface area contributed by atoms with Crippen LogP contribution in [0.5, 0.6) is 0 Å². The van der Waals surface area contributed by atoms with Gasteiger partial charge in [-0.15, -0.1) is 0 Å². The number of nitrogens with zero attached hydrogens (tertiary/aromatic N) is 4. The standard InChI is InChI=1S/C25H34N6O2/c1-29(2)13-14-31-16-25(19-15-17(22(26)32)7-8-21(19)31)9-11-30(12-10-25)24-27-20-6-4-3-5-18(20)23(33)28-24/h7-8,15H,3-6,9-14,16H2,1-2H3,(H2,26,32)(H,27,28,33). The largest absolute Gasteiger partial charge is 0.369 e. The second kappa shape index (κ2) is 8.48. The van der Waals surface area contributed by atoms with Gasteiger partial charge in [0, 0.05) is 55.0 Å². The van der Waals surface area contributed by atoms with E-state index in [4.69, 9.17) is 10.7 Å². The molecule has 1 aromatic carbocycles. The Morgan fingerprint density at radius 1 is 1.21 bits per heavy atom. The van der Waals surface area contributed by atoms with Gasteiger partial charge in [0.15, 0.2) is 0 Å². The SMILES string of the molecule is CN(C)CCN1CC2(CCN(c3nc4c(c(=O)[nH]3)CCCC4)CC2)c2cc(C(N)=O)ccc21. The topological polar surface area (TPSA) is 98.6 Å². The van der Waals surface area contributed by atoms with Crippen molar-refractivity contribution in [3.63, 3.8) is 0 Å². The summed E-state index contributed by atoms with van der Waals surface area (Å²) in [4.78, 5) is 39.3. The van der Waals surface area contributed by atoms with Crippen molar-refractivity contribution in [2.24, 2.45) is 5.73 Å². The zero-order chi connectivity index (χ0) is 23.2. The van der Waals surface area contributed by atoms with Crippen molar-refractivity contribution < 1.29 is 4.79 Å². The van der Waals surface area contributed by atoms with Gasteiger partial charge in [-0.25, -0.2) is 4.98 Å². The summed E-state index contributed by atoms with van der Waals surface area (Å²) in [5.41, 5.74) is 10.5. The van der Waals surface area contributed by atoms with Crippen molar-refractivity contribution >= 4 is 17.5 Å². The molecule has 3 aliphatic rings. The summed E-state index contributed by atoms with van der Waals surface area (Å²) < 4.78 is 0. The quantitative estimate of drug-likeness (QED) is 0.719. The highest BCUT2D eigenvalue weighted by atomic mass is 16.1. The lowest BCUT2D eigenvalue weighted by molar-refractivity contribution is 0.1000. The first-order valence-electron chi connectivity index (χ1n) is 12.1. The normalized spacial score (nSPS) is 19.1. The lowest BCUT2D eigenvalue weighted by Crippen LogP contribution is -2.47. The van der Waals surface area contributed by atoms with Gasteiger partial charge < -0.3 is 20.4 Å². The van der Waals surface area contributed by atoms with Gasteiger partial charge >= 0.3 is 0 Å². The van der Waals surface area contributed by atoms with Crippen LogP contribution in [0.4, 0.5) is 11.6 Å². The number of nitrogens with two attached hydrogens (primary N) is 1. The highest BCUT2D eigenvalue weighted by molar-refractivity contribution is 5.94. The fourth-order valence-electron chi connectivity index (χ4n) is 5.76. The van der Waals surface area contributed by atoms with E-state index in [9.17, 15) is 9.59 Å². The summed E-state index contributed by atoms with van der Waals surface area (Å²) in [5.74, 6) is 0.331. The fraction of sp³-hybridized carbons (Fsp3) is 0.560. The second-order valence-electron chi connectivity index (χ2n) is 10.1. The molecule has 8 heteroatoms. The third kappa shape index (κ3) is 4.01. The number of aromatic nitrogens is 2. The monoisotopic (exact) mass is 450 g/mol. The number of aryl methyl sites for hydroxylation is 1. The van der Waals surface area contributed by atoms with Crippen LogP contribution in [0.1, 0.15) is 52.9 Å². The third-order valence-corrected chi connectivity index (χ3v) is 7.70. The molecule has 1 amide bonds. The Morgan fingerprint density at radius 2 is 1.97 bits per heavy atom. The Hall–Kier alpha value is -2.87. The van der Waals surface area contributed by atoms with Gasteiger partial charge in [0.05, 0.1) is 5.69 Å². The Morgan fingerprint density at radius 3 is 2.70 bits per heavy atom. The molecule has 3 heterocycles.